The van der Waals surface area contributed by atoms with Gasteiger partial charge in [-0.15, -0.1) is 0 Å². The molecule has 0 unspecified atom stereocenters. The Balaban J connectivity index is 1.77. The Kier molecular flexibility index (Phi) is 3.33. The summed E-state index contributed by atoms with van der Waals surface area (Å²) >= 11 is 0. The fourth-order valence-electron chi connectivity index (χ4n) is 2.26. The van der Waals surface area contributed by atoms with Gasteiger partial charge in [-0.2, -0.15) is 0 Å². The highest BCUT2D eigenvalue weighted by Gasteiger charge is 2.12. The normalized spacial score (nSPS) is 15.5. The molecule has 1 aliphatic rings. The first-order chi connectivity index (χ1) is 9.34. The second kappa shape index (κ2) is 5.28. The number of nitrogens with zero attached hydrogens (tertiary/aromatic N) is 2. The highest BCUT2D eigenvalue weighted by molar-refractivity contribution is 5.96. The Bertz CT molecular complexity index is 540. The van der Waals surface area contributed by atoms with E-state index < -0.39 is 0 Å². The maximum Gasteiger partial charge on any atom is 0.261 e. The van der Waals surface area contributed by atoms with Gasteiger partial charge in [0.25, 0.3) is 5.91 Å². The lowest BCUT2D eigenvalue weighted by Crippen LogP contribution is -2.36. The van der Waals surface area contributed by atoms with Crippen LogP contribution in [0, 0.1) is 0 Å². The highest BCUT2D eigenvalue weighted by Crippen LogP contribution is 2.17. The van der Waals surface area contributed by atoms with Crippen molar-refractivity contribution < 1.29 is 9.53 Å². The summed E-state index contributed by atoms with van der Waals surface area (Å²) in [6, 6.07) is 11.5. The van der Waals surface area contributed by atoms with Gasteiger partial charge in [0.05, 0.1) is 13.2 Å². The van der Waals surface area contributed by atoms with Crippen molar-refractivity contribution in [2.45, 2.75) is 0 Å². The molecule has 98 valence electrons. The third-order valence-electron chi connectivity index (χ3n) is 3.33. The fraction of sp³-hybridized carbons (Fsp3) is 0.267. The van der Waals surface area contributed by atoms with Crippen LogP contribution in [0.25, 0.3) is 0 Å². The zero-order chi connectivity index (χ0) is 13.1. The average Bonchev–Trinajstić information content (AvgIpc) is 3.02. The molecule has 1 fully saturated rings. The molecule has 2 heterocycles. The molecule has 0 atom stereocenters. The summed E-state index contributed by atoms with van der Waals surface area (Å²) in [7, 11) is 0. The smallest absolute Gasteiger partial charge is 0.261 e. The number of rotatable bonds is 2. The molecule has 4 nitrogen and oxygen atoms in total. The predicted octanol–water partition coefficient (Wildman–Crippen LogP) is 2.01. The molecule has 0 amide bonds. The van der Waals surface area contributed by atoms with Crippen molar-refractivity contribution >= 4 is 11.6 Å². The van der Waals surface area contributed by atoms with E-state index in [1.165, 1.54) is 0 Å². The molecule has 1 aromatic carbocycles. The Morgan fingerprint density at radius 1 is 1.00 bits per heavy atom. The quantitative estimate of drug-likeness (QED) is 0.824. The molecule has 0 N–H and O–H groups in total. The van der Waals surface area contributed by atoms with Crippen LogP contribution in [0.1, 0.15) is 10.4 Å². The van der Waals surface area contributed by atoms with E-state index in [-0.39, 0.29) is 5.91 Å². The summed E-state index contributed by atoms with van der Waals surface area (Å²) < 4.78 is 6.92. The second-order valence-corrected chi connectivity index (χ2v) is 4.54. The van der Waals surface area contributed by atoms with E-state index >= 15 is 0 Å². The summed E-state index contributed by atoms with van der Waals surface area (Å²) in [5.74, 6) is -0.00136. The van der Waals surface area contributed by atoms with E-state index in [0.29, 0.717) is 5.56 Å². The van der Waals surface area contributed by atoms with E-state index in [2.05, 4.69) is 4.90 Å². The van der Waals surface area contributed by atoms with Crippen LogP contribution < -0.4 is 4.90 Å². The van der Waals surface area contributed by atoms with Gasteiger partial charge in [-0.05, 0) is 36.4 Å². The van der Waals surface area contributed by atoms with Crippen molar-refractivity contribution in [3.05, 3.63) is 54.4 Å². The van der Waals surface area contributed by atoms with Crippen molar-refractivity contribution in [3.8, 4) is 0 Å². The monoisotopic (exact) mass is 256 g/mol. The molecule has 0 spiro atoms. The maximum atomic E-state index is 12.1. The van der Waals surface area contributed by atoms with Crippen molar-refractivity contribution in [1.82, 2.24) is 4.57 Å². The number of hydrogen-bond acceptors (Lipinski definition) is 3. The topological polar surface area (TPSA) is 34.5 Å². The van der Waals surface area contributed by atoms with Crippen molar-refractivity contribution in [1.29, 1.82) is 0 Å². The molecular formula is C15H16N2O2. The van der Waals surface area contributed by atoms with Gasteiger partial charge in [-0.1, -0.05) is 0 Å². The lowest BCUT2D eigenvalue weighted by molar-refractivity contribution is 0.0960. The first kappa shape index (κ1) is 12.0. The minimum Gasteiger partial charge on any atom is -0.378 e. The van der Waals surface area contributed by atoms with Crippen molar-refractivity contribution in [2.75, 3.05) is 31.2 Å². The van der Waals surface area contributed by atoms with Crippen LogP contribution in [0.15, 0.2) is 48.8 Å². The van der Waals surface area contributed by atoms with Gasteiger partial charge in [0.15, 0.2) is 0 Å². The van der Waals surface area contributed by atoms with Gasteiger partial charge in [0.1, 0.15) is 0 Å². The number of hydrogen-bond donors (Lipinski definition) is 0. The second-order valence-electron chi connectivity index (χ2n) is 4.54. The van der Waals surface area contributed by atoms with Crippen LogP contribution in [0.5, 0.6) is 0 Å². The molecule has 1 aromatic heterocycles. The van der Waals surface area contributed by atoms with Crippen LogP contribution in [-0.2, 0) is 4.74 Å². The minimum absolute atomic E-state index is 0.00136. The van der Waals surface area contributed by atoms with Gasteiger partial charge in [0.2, 0.25) is 0 Å². The summed E-state index contributed by atoms with van der Waals surface area (Å²) in [4.78, 5) is 14.4. The molecule has 0 saturated carbocycles. The number of anilines is 1. The predicted molar refractivity (Wildman–Crippen MR) is 73.6 cm³/mol. The van der Waals surface area contributed by atoms with E-state index in [9.17, 15) is 4.79 Å². The molecule has 0 bridgehead atoms. The van der Waals surface area contributed by atoms with Crippen molar-refractivity contribution in [2.24, 2.45) is 0 Å². The van der Waals surface area contributed by atoms with Crippen LogP contribution in [0.3, 0.4) is 0 Å². The first-order valence-electron chi connectivity index (χ1n) is 6.45. The highest BCUT2D eigenvalue weighted by atomic mass is 16.5. The Hall–Kier alpha value is -2.07. The zero-order valence-electron chi connectivity index (χ0n) is 10.7. The summed E-state index contributed by atoms with van der Waals surface area (Å²) in [5.41, 5.74) is 1.85. The van der Waals surface area contributed by atoms with Crippen molar-refractivity contribution in [3.63, 3.8) is 0 Å². The van der Waals surface area contributed by atoms with E-state index in [0.717, 1.165) is 32.0 Å². The minimum atomic E-state index is -0.00136. The molecule has 19 heavy (non-hydrogen) atoms. The number of carbonyl (C=O) groups is 1. The molecule has 1 aliphatic heterocycles. The van der Waals surface area contributed by atoms with Gasteiger partial charge < -0.3 is 9.64 Å². The van der Waals surface area contributed by atoms with Crippen LogP contribution in [-0.4, -0.2) is 36.8 Å². The Labute approximate surface area is 112 Å². The summed E-state index contributed by atoms with van der Waals surface area (Å²) in [5, 5.41) is 0. The molecule has 0 aliphatic carbocycles. The maximum absolute atomic E-state index is 12.1. The van der Waals surface area contributed by atoms with Gasteiger partial charge in [-0.3, -0.25) is 9.36 Å². The third-order valence-corrected chi connectivity index (χ3v) is 3.33. The van der Waals surface area contributed by atoms with E-state index in [1.54, 1.807) is 17.0 Å². The molecule has 0 radical (unpaired) electrons. The first-order valence-corrected chi connectivity index (χ1v) is 6.45. The largest absolute Gasteiger partial charge is 0.378 e. The standard InChI is InChI=1S/C15H16N2O2/c18-15(17-7-1-2-8-17)13-3-5-14(6-4-13)16-9-11-19-12-10-16/h1-8H,9-12H2. The van der Waals surface area contributed by atoms with Gasteiger partial charge in [-0.25, -0.2) is 0 Å². The fourth-order valence-corrected chi connectivity index (χ4v) is 2.26. The lowest BCUT2D eigenvalue weighted by atomic mass is 10.1. The number of ether oxygens (including phenoxy) is 1. The molecule has 4 heteroatoms. The van der Waals surface area contributed by atoms with E-state index in [4.69, 9.17) is 4.74 Å². The average molecular weight is 256 g/mol. The van der Waals surface area contributed by atoms with E-state index in [1.807, 2.05) is 36.4 Å². The summed E-state index contributed by atoms with van der Waals surface area (Å²) in [6.07, 6.45) is 3.52. The van der Waals surface area contributed by atoms with Crippen LogP contribution >= 0.6 is 0 Å². The van der Waals surface area contributed by atoms with Gasteiger partial charge >= 0.3 is 0 Å². The Morgan fingerprint density at radius 3 is 2.26 bits per heavy atom. The Morgan fingerprint density at radius 2 is 1.63 bits per heavy atom. The molecule has 1 saturated heterocycles. The van der Waals surface area contributed by atoms with Gasteiger partial charge in [0, 0.05) is 36.7 Å². The molecule has 2 aromatic rings. The number of aromatic nitrogens is 1. The van der Waals surface area contributed by atoms with Crippen LogP contribution in [0.4, 0.5) is 5.69 Å². The number of benzene rings is 1. The molecule has 3 rings (SSSR count). The SMILES string of the molecule is O=C(c1ccc(N2CCOCC2)cc1)n1cccc1. The molecular weight excluding hydrogens is 240 g/mol. The van der Waals surface area contributed by atoms with Crippen LogP contribution in [0.2, 0.25) is 0 Å². The zero-order valence-corrected chi connectivity index (χ0v) is 10.7. The third kappa shape index (κ3) is 2.53. The number of carbonyl (C=O) groups excluding carboxylic acids is 1. The number of morpholine rings is 1. The lowest BCUT2D eigenvalue weighted by Gasteiger charge is -2.28. The summed E-state index contributed by atoms with van der Waals surface area (Å²) in [6.45, 7) is 3.35.